The van der Waals surface area contributed by atoms with E-state index in [1.165, 1.54) is 11.1 Å². The second kappa shape index (κ2) is 7.75. The molecule has 0 spiro atoms. The van der Waals surface area contributed by atoms with Gasteiger partial charge in [-0.25, -0.2) is 4.98 Å². The first kappa shape index (κ1) is 18.2. The maximum atomic E-state index is 13.2. The number of unbranched alkanes of at least 4 members (excludes halogenated alkanes) is 1. The number of rotatable bonds is 5. The summed E-state index contributed by atoms with van der Waals surface area (Å²) in [5.74, 6) is 0.954. The fraction of sp³-hybridized carbons (Fsp3) is 0.300. The van der Waals surface area contributed by atoms with E-state index < -0.39 is 0 Å². The average molecular weight is 417 g/mol. The molecule has 0 saturated carbocycles. The monoisotopic (exact) mass is 416 g/mol. The maximum absolute atomic E-state index is 13.2. The normalized spacial score (nSPS) is 11.2. The van der Waals surface area contributed by atoms with Crippen molar-refractivity contribution in [3.63, 3.8) is 0 Å². The predicted octanol–water partition coefficient (Wildman–Crippen LogP) is 5.66. The highest BCUT2D eigenvalue weighted by Gasteiger charge is 2.14. The molecule has 1 heterocycles. The van der Waals surface area contributed by atoms with Crippen LogP contribution in [0.1, 0.15) is 30.9 Å². The van der Waals surface area contributed by atoms with Gasteiger partial charge in [0.2, 0.25) is 0 Å². The molecule has 0 aliphatic carbocycles. The van der Waals surface area contributed by atoms with Crippen molar-refractivity contribution in [1.29, 1.82) is 0 Å². The number of halogens is 1. The number of aryl methyl sites for hydroxylation is 2. The van der Waals surface area contributed by atoms with Gasteiger partial charge in [-0.05, 0) is 61.7 Å². The van der Waals surface area contributed by atoms with Gasteiger partial charge in [0.25, 0.3) is 5.56 Å². The van der Waals surface area contributed by atoms with E-state index in [9.17, 15) is 4.79 Å². The minimum atomic E-state index is -0.0199. The number of thioether (sulfide) groups is 1. The van der Waals surface area contributed by atoms with Gasteiger partial charge in [0.05, 0.1) is 16.6 Å². The molecule has 0 atom stereocenters. The Bertz CT molecular complexity index is 981. The van der Waals surface area contributed by atoms with Crippen molar-refractivity contribution in [3.05, 3.63) is 62.4 Å². The Balaban J connectivity index is 2.24. The van der Waals surface area contributed by atoms with Crippen molar-refractivity contribution >= 4 is 38.6 Å². The Kier molecular flexibility index (Phi) is 5.64. The van der Waals surface area contributed by atoms with Crippen molar-refractivity contribution in [2.45, 2.75) is 38.8 Å². The fourth-order valence-corrected chi connectivity index (χ4v) is 4.09. The highest BCUT2D eigenvalue weighted by molar-refractivity contribution is 9.10. The van der Waals surface area contributed by atoms with Gasteiger partial charge in [0, 0.05) is 10.2 Å². The second-order valence-electron chi connectivity index (χ2n) is 6.17. The quantitative estimate of drug-likeness (QED) is 0.305. The van der Waals surface area contributed by atoms with Gasteiger partial charge >= 0.3 is 0 Å². The molecule has 1 aromatic heterocycles. The van der Waals surface area contributed by atoms with Gasteiger partial charge in [0.1, 0.15) is 0 Å². The van der Waals surface area contributed by atoms with Gasteiger partial charge in [-0.2, -0.15) is 0 Å². The van der Waals surface area contributed by atoms with Crippen molar-refractivity contribution < 1.29 is 0 Å². The van der Waals surface area contributed by atoms with Crippen LogP contribution in [-0.4, -0.2) is 15.3 Å². The molecule has 25 heavy (non-hydrogen) atoms. The Morgan fingerprint density at radius 3 is 2.64 bits per heavy atom. The molecular formula is C20H21BrN2OS. The molecule has 0 aliphatic rings. The van der Waals surface area contributed by atoms with Crippen molar-refractivity contribution in [1.82, 2.24) is 9.55 Å². The van der Waals surface area contributed by atoms with Gasteiger partial charge in [-0.1, -0.05) is 47.1 Å². The molecule has 5 heteroatoms. The Morgan fingerprint density at radius 2 is 1.92 bits per heavy atom. The summed E-state index contributed by atoms with van der Waals surface area (Å²) < 4.78 is 2.64. The highest BCUT2D eigenvalue weighted by Crippen LogP contribution is 2.24. The largest absolute Gasteiger partial charge is 0.268 e. The first-order chi connectivity index (χ1) is 12.0. The van der Waals surface area contributed by atoms with Gasteiger partial charge in [-0.15, -0.1) is 0 Å². The van der Waals surface area contributed by atoms with Crippen molar-refractivity contribution in [2.75, 3.05) is 5.75 Å². The Labute approximate surface area is 160 Å². The summed E-state index contributed by atoms with van der Waals surface area (Å²) >= 11 is 5.11. The van der Waals surface area contributed by atoms with Gasteiger partial charge < -0.3 is 0 Å². The molecule has 0 radical (unpaired) electrons. The van der Waals surface area contributed by atoms with Crippen LogP contribution in [0, 0.1) is 13.8 Å². The predicted molar refractivity (Wildman–Crippen MR) is 110 cm³/mol. The zero-order chi connectivity index (χ0) is 18.0. The van der Waals surface area contributed by atoms with Crippen LogP contribution >= 0.6 is 27.7 Å². The van der Waals surface area contributed by atoms with E-state index in [4.69, 9.17) is 4.98 Å². The molecule has 0 amide bonds. The number of benzene rings is 2. The van der Waals surface area contributed by atoms with Gasteiger partial charge in [0.15, 0.2) is 5.16 Å². The molecular weight excluding hydrogens is 396 g/mol. The molecule has 3 rings (SSSR count). The van der Waals surface area contributed by atoms with Crippen LogP contribution < -0.4 is 5.56 Å². The van der Waals surface area contributed by atoms with Crippen LogP contribution in [0.15, 0.2) is 50.8 Å². The van der Waals surface area contributed by atoms with Crippen molar-refractivity contribution in [2.24, 2.45) is 0 Å². The number of fused-ring (bicyclic) bond motifs is 1. The van der Waals surface area contributed by atoms with E-state index >= 15 is 0 Å². The molecule has 0 N–H and O–H groups in total. The lowest BCUT2D eigenvalue weighted by Crippen LogP contribution is -2.22. The summed E-state index contributed by atoms with van der Waals surface area (Å²) in [6.07, 6.45) is 2.23. The van der Waals surface area contributed by atoms with E-state index in [1.807, 2.05) is 24.3 Å². The SMILES string of the molecule is CCCCSc1nc2ccc(Br)cc2c(=O)n1-c1ccc(C)c(C)c1. The molecule has 0 aliphatic heterocycles. The lowest BCUT2D eigenvalue weighted by molar-refractivity contribution is 0.813. The molecule has 3 aromatic rings. The molecule has 0 fully saturated rings. The number of hydrogen-bond donors (Lipinski definition) is 0. The Hall–Kier alpha value is -1.59. The van der Waals surface area contributed by atoms with E-state index in [0.717, 1.165) is 39.4 Å². The zero-order valence-electron chi connectivity index (χ0n) is 14.7. The highest BCUT2D eigenvalue weighted by atomic mass is 79.9. The molecule has 3 nitrogen and oxygen atoms in total. The summed E-state index contributed by atoms with van der Waals surface area (Å²) in [4.78, 5) is 18.0. The lowest BCUT2D eigenvalue weighted by atomic mass is 10.1. The van der Waals surface area contributed by atoms with Crippen LogP contribution in [0.2, 0.25) is 0 Å². The van der Waals surface area contributed by atoms with Gasteiger partial charge in [-0.3, -0.25) is 9.36 Å². The third-order valence-corrected chi connectivity index (χ3v) is 5.80. The second-order valence-corrected chi connectivity index (χ2v) is 8.14. The Morgan fingerprint density at radius 1 is 1.12 bits per heavy atom. The number of hydrogen-bond acceptors (Lipinski definition) is 3. The molecule has 0 bridgehead atoms. The smallest absolute Gasteiger partial charge is 0.266 e. The third-order valence-electron chi connectivity index (χ3n) is 4.28. The number of aromatic nitrogens is 2. The minimum absolute atomic E-state index is 0.0199. The fourth-order valence-electron chi connectivity index (χ4n) is 2.63. The van der Waals surface area contributed by atoms with Crippen LogP contribution in [0.4, 0.5) is 0 Å². The number of nitrogens with zero attached hydrogens (tertiary/aromatic N) is 2. The molecule has 0 saturated heterocycles. The van der Waals surface area contributed by atoms with E-state index in [0.29, 0.717) is 5.39 Å². The molecule has 130 valence electrons. The summed E-state index contributed by atoms with van der Waals surface area (Å²) in [7, 11) is 0. The molecule has 2 aromatic carbocycles. The lowest BCUT2D eigenvalue weighted by Gasteiger charge is -2.14. The standard InChI is InChI=1S/C20H21BrN2OS/c1-4-5-10-25-20-22-18-9-7-15(21)12-17(18)19(24)23(20)16-8-6-13(2)14(3)11-16/h6-9,11-12H,4-5,10H2,1-3H3. The minimum Gasteiger partial charge on any atom is -0.268 e. The topological polar surface area (TPSA) is 34.9 Å². The molecule has 0 unspecified atom stereocenters. The summed E-state index contributed by atoms with van der Waals surface area (Å²) in [6, 6.07) is 11.8. The summed E-state index contributed by atoms with van der Waals surface area (Å²) in [6.45, 7) is 6.32. The maximum Gasteiger partial charge on any atom is 0.266 e. The van der Waals surface area contributed by atoms with Crippen LogP contribution in [0.3, 0.4) is 0 Å². The summed E-state index contributed by atoms with van der Waals surface area (Å²) in [5.41, 5.74) is 3.99. The van der Waals surface area contributed by atoms with E-state index in [1.54, 1.807) is 16.3 Å². The van der Waals surface area contributed by atoms with Crippen LogP contribution in [-0.2, 0) is 0 Å². The van der Waals surface area contributed by atoms with Crippen molar-refractivity contribution in [3.8, 4) is 5.69 Å². The van der Waals surface area contributed by atoms with Crippen LogP contribution in [0.5, 0.6) is 0 Å². The summed E-state index contributed by atoms with van der Waals surface area (Å²) in [5, 5.41) is 1.39. The van der Waals surface area contributed by atoms with E-state index in [2.05, 4.69) is 48.8 Å². The first-order valence-corrected chi connectivity index (χ1v) is 10.2. The third kappa shape index (κ3) is 3.82. The van der Waals surface area contributed by atoms with Crippen LogP contribution in [0.25, 0.3) is 16.6 Å². The zero-order valence-corrected chi connectivity index (χ0v) is 17.1. The first-order valence-electron chi connectivity index (χ1n) is 8.44. The van der Waals surface area contributed by atoms with E-state index in [-0.39, 0.29) is 5.56 Å². The average Bonchev–Trinajstić information content (AvgIpc) is 2.59.